The Balaban J connectivity index is 2.09. The van der Waals surface area contributed by atoms with E-state index in [0.717, 1.165) is 16.0 Å². The Hall–Kier alpha value is -2.07. The molecule has 0 saturated carbocycles. The van der Waals surface area contributed by atoms with Crippen LogP contribution in [-0.2, 0) is 0 Å². The van der Waals surface area contributed by atoms with Crippen LogP contribution in [0.15, 0.2) is 58.6 Å². The average molecular weight is 254 g/mol. The minimum atomic E-state index is 0.00455. The quantitative estimate of drug-likeness (QED) is 0.795. The molecule has 1 aromatic heterocycles. The summed E-state index contributed by atoms with van der Waals surface area (Å²) in [7, 11) is 0. The maximum absolute atomic E-state index is 12.2. The number of Topliss-reactive ketones (excluding diaryl/α,β-unsaturated/α-hetero) is 1. The minimum Gasteiger partial charge on any atom is -0.397 e. The van der Waals surface area contributed by atoms with Gasteiger partial charge in [-0.2, -0.15) is 0 Å². The van der Waals surface area contributed by atoms with Gasteiger partial charge in [-0.25, -0.2) is 0 Å². The molecule has 3 rings (SSSR count). The number of nitrogens with two attached hydrogens (primary N) is 1. The van der Waals surface area contributed by atoms with Crippen LogP contribution in [-0.4, -0.2) is 10.8 Å². The summed E-state index contributed by atoms with van der Waals surface area (Å²) in [6.07, 6.45) is 3.33. The van der Waals surface area contributed by atoms with Gasteiger partial charge in [0.2, 0.25) is 5.78 Å². The summed E-state index contributed by atoms with van der Waals surface area (Å²) in [5, 5.41) is 0. The molecule has 0 radical (unpaired) electrons. The van der Waals surface area contributed by atoms with Crippen molar-refractivity contribution in [1.29, 1.82) is 0 Å². The highest BCUT2D eigenvalue weighted by Gasteiger charge is 2.27. The molecule has 0 bridgehead atoms. The largest absolute Gasteiger partial charge is 0.397 e. The number of pyridine rings is 1. The van der Waals surface area contributed by atoms with Gasteiger partial charge in [0, 0.05) is 28.4 Å². The second kappa shape index (κ2) is 4.31. The van der Waals surface area contributed by atoms with Crippen molar-refractivity contribution < 1.29 is 4.79 Å². The molecule has 18 heavy (non-hydrogen) atoms. The summed E-state index contributed by atoms with van der Waals surface area (Å²) in [6, 6.07) is 11.2. The van der Waals surface area contributed by atoms with Crippen molar-refractivity contribution in [3.05, 3.63) is 64.8 Å². The maximum atomic E-state index is 12.2. The topological polar surface area (TPSA) is 56.0 Å². The molecule has 0 atom stereocenters. The first kappa shape index (κ1) is 11.0. The number of carbonyl (C=O) groups is 1. The molecule has 1 aromatic carbocycles. The van der Waals surface area contributed by atoms with E-state index in [-0.39, 0.29) is 5.78 Å². The Bertz CT molecular complexity index is 650. The Morgan fingerprint density at radius 1 is 1.11 bits per heavy atom. The van der Waals surface area contributed by atoms with Gasteiger partial charge < -0.3 is 5.73 Å². The highest BCUT2D eigenvalue weighted by atomic mass is 32.2. The molecule has 3 nitrogen and oxygen atoms in total. The third kappa shape index (κ3) is 1.71. The molecule has 88 valence electrons. The lowest BCUT2D eigenvalue weighted by Gasteiger charge is -2.03. The molecule has 2 aromatic rings. The highest BCUT2D eigenvalue weighted by molar-refractivity contribution is 8.05. The Labute approximate surface area is 109 Å². The van der Waals surface area contributed by atoms with Crippen molar-refractivity contribution >= 4 is 23.2 Å². The first-order valence-corrected chi connectivity index (χ1v) is 6.31. The summed E-state index contributed by atoms with van der Waals surface area (Å²) < 4.78 is 0. The van der Waals surface area contributed by atoms with E-state index in [0.29, 0.717) is 10.6 Å². The molecule has 2 heterocycles. The zero-order chi connectivity index (χ0) is 12.5. The zero-order valence-corrected chi connectivity index (χ0v) is 10.3. The summed E-state index contributed by atoms with van der Waals surface area (Å²) in [6.45, 7) is 0. The number of fused-ring (bicyclic) bond motifs is 1. The average Bonchev–Trinajstić information content (AvgIpc) is 2.77. The number of ketones is 1. The fourth-order valence-corrected chi connectivity index (χ4v) is 2.93. The standard InChI is InChI=1S/C14H10N2OS/c15-12(9-5-7-16-8-6-9)14-13(17)10-3-1-2-4-11(10)18-14/h1-8H,15H2/b14-12+. The predicted molar refractivity (Wildman–Crippen MR) is 72.0 cm³/mol. The van der Waals surface area contributed by atoms with Gasteiger partial charge in [0.1, 0.15) is 0 Å². The zero-order valence-electron chi connectivity index (χ0n) is 9.46. The van der Waals surface area contributed by atoms with E-state index >= 15 is 0 Å². The molecule has 0 unspecified atom stereocenters. The molecule has 1 aliphatic heterocycles. The lowest BCUT2D eigenvalue weighted by atomic mass is 10.1. The lowest BCUT2D eigenvalue weighted by molar-refractivity contribution is 0.104. The van der Waals surface area contributed by atoms with E-state index < -0.39 is 0 Å². The van der Waals surface area contributed by atoms with Crippen LogP contribution in [0.4, 0.5) is 0 Å². The van der Waals surface area contributed by atoms with E-state index in [1.165, 1.54) is 11.8 Å². The maximum Gasteiger partial charge on any atom is 0.202 e. The van der Waals surface area contributed by atoms with E-state index in [2.05, 4.69) is 4.98 Å². The van der Waals surface area contributed by atoms with Crippen LogP contribution >= 0.6 is 11.8 Å². The summed E-state index contributed by atoms with van der Waals surface area (Å²) in [5.41, 5.74) is 8.16. The van der Waals surface area contributed by atoms with E-state index in [1.807, 2.05) is 24.3 Å². The van der Waals surface area contributed by atoms with Crippen molar-refractivity contribution in [2.45, 2.75) is 4.90 Å². The molecule has 0 aliphatic carbocycles. The van der Waals surface area contributed by atoms with Gasteiger partial charge in [-0.3, -0.25) is 9.78 Å². The lowest BCUT2D eigenvalue weighted by Crippen LogP contribution is -2.04. The molecule has 0 amide bonds. The number of thioether (sulfide) groups is 1. The van der Waals surface area contributed by atoms with Gasteiger partial charge in [-0.05, 0) is 24.3 Å². The number of rotatable bonds is 1. The Morgan fingerprint density at radius 3 is 2.56 bits per heavy atom. The monoisotopic (exact) mass is 254 g/mol. The fourth-order valence-electron chi connectivity index (χ4n) is 1.86. The van der Waals surface area contributed by atoms with Crippen molar-refractivity contribution in [2.75, 3.05) is 0 Å². The summed E-state index contributed by atoms with van der Waals surface area (Å²) >= 11 is 1.43. The summed E-state index contributed by atoms with van der Waals surface area (Å²) in [4.78, 5) is 17.7. The smallest absolute Gasteiger partial charge is 0.202 e. The number of nitrogens with zero attached hydrogens (tertiary/aromatic N) is 1. The minimum absolute atomic E-state index is 0.00455. The van der Waals surface area contributed by atoms with Gasteiger partial charge in [-0.1, -0.05) is 23.9 Å². The van der Waals surface area contributed by atoms with E-state index in [1.54, 1.807) is 24.5 Å². The van der Waals surface area contributed by atoms with Crippen LogP contribution in [0.25, 0.3) is 5.70 Å². The van der Waals surface area contributed by atoms with Crippen LogP contribution in [0.3, 0.4) is 0 Å². The first-order chi connectivity index (χ1) is 8.77. The van der Waals surface area contributed by atoms with Crippen molar-refractivity contribution in [1.82, 2.24) is 4.98 Å². The van der Waals surface area contributed by atoms with E-state index in [4.69, 9.17) is 5.73 Å². The number of hydrogen-bond donors (Lipinski definition) is 1. The Kier molecular flexibility index (Phi) is 2.64. The normalized spacial score (nSPS) is 16.6. The molecule has 0 spiro atoms. The molecule has 0 saturated heterocycles. The van der Waals surface area contributed by atoms with Gasteiger partial charge in [-0.15, -0.1) is 0 Å². The number of aromatic nitrogens is 1. The van der Waals surface area contributed by atoms with Crippen LogP contribution in [0.1, 0.15) is 15.9 Å². The third-order valence-corrected chi connectivity index (χ3v) is 3.97. The predicted octanol–water partition coefficient (Wildman–Crippen LogP) is 2.70. The SMILES string of the molecule is N/C(=C1/Sc2ccccc2C1=O)c1ccncc1. The van der Waals surface area contributed by atoms with Crippen LogP contribution in [0, 0.1) is 0 Å². The van der Waals surface area contributed by atoms with Crippen LogP contribution < -0.4 is 5.73 Å². The van der Waals surface area contributed by atoms with Crippen molar-refractivity contribution in [3.63, 3.8) is 0 Å². The van der Waals surface area contributed by atoms with Crippen molar-refractivity contribution in [3.8, 4) is 0 Å². The van der Waals surface area contributed by atoms with Crippen LogP contribution in [0.5, 0.6) is 0 Å². The second-order valence-electron chi connectivity index (χ2n) is 3.91. The molecule has 4 heteroatoms. The highest BCUT2D eigenvalue weighted by Crippen LogP contribution is 2.41. The fraction of sp³-hybridized carbons (Fsp3) is 0. The molecule has 1 aliphatic rings. The Morgan fingerprint density at radius 2 is 1.83 bits per heavy atom. The molecule has 2 N–H and O–H groups in total. The molecule has 0 fully saturated rings. The molecular formula is C14H10N2OS. The van der Waals surface area contributed by atoms with Gasteiger partial charge in [0.25, 0.3) is 0 Å². The van der Waals surface area contributed by atoms with Gasteiger partial charge in [0.15, 0.2) is 0 Å². The third-order valence-electron chi connectivity index (χ3n) is 2.79. The number of carbonyl (C=O) groups excluding carboxylic acids is 1. The molecular weight excluding hydrogens is 244 g/mol. The van der Waals surface area contributed by atoms with Crippen LogP contribution in [0.2, 0.25) is 0 Å². The second-order valence-corrected chi connectivity index (χ2v) is 4.96. The number of hydrogen-bond acceptors (Lipinski definition) is 4. The number of allylic oxidation sites excluding steroid dienone is 1. The van der Waals surface area contributed by atoms with E-state index in [9.17, 15) is 4.79 Å². The first-order valence-electron chi connectivity index (χ1n) is 5.49. The van der Waals surface area contributed by atoms with Gasteiger partial charge >= 0.3 is 0 Å². The number of benzene rings is 1. The van der Waals surface area contributed by atoms with Gasteiger partial charge in [0.05, 0.1) is 10.6 Å². The van der Waals surface area contributed by atoms with Crippen molar-refractivity contribution in [2.24, 2.45) is 5.73 Å². The summed E-state index contributed by atoms with van der Waals surface area (Å²) in [5.74, 6) is 0.00455.